The van der Waals surface area contributed by atoms with Gasteiger partial charge in [0.1, 0.15) is 11.2 Å². The first-order valence-corrected chi connectivity index (χ1v) is 7.97. The number of benzene rings is 1. The van der Waals surface area contributed by atoms with Crippen molar-refractivity contribution in [2.45, 2.75) is 6.42 Å². The topological polar surface area (TPSA) is 59.5 Å². The van der Waals surface area contributed by atoms with Gasteiger partial charge in [0.2, 0.25) is 0 Å². The number of hydrogen-bond acceptors (Lipinski definition) is 3. The molecule has 1 aromatic carbocycles. The lowest BCUT2D eigenvalue weighted by Gasteiger charge is -2.00. The Balaban J connectivity index is 1.41. The Morgan fingerprint density at radius 1 is 1.25 bits per heavy atom. The maximum atomic E-state index is 12.2. The molecule has 1 amide bonds. The van der Waals surface area contributed by atoms with Gasteiger partial charge in [0.15, 0.2) is 5.76 Å². The number of carbonyl (C=O) groups excluding carboxylic acids is 1. The number of carbonyl (C=O) groups is 1. The fourth-order valence-corrected chi connectivity index (χ4v) is 2.81. The van der Waals surface area contributed by atoms with E-state index in [0.29, 0.717) is 23.6 Å². The van der Waals surface area contributed by atoms with Gasteiger partial charge in [-0.25, -0.2) is 4.98 Å². The summed E-state index contributed by atoms with van der Waals surface area (Å²) in [6.07, 6.45) is 4.56. The van der Waals surface area contributed by atoms with Gasteiger partial charge >= 0.3 is 0 Å². The number of nitrogens with zero attached hydrogens (tertiary/aromatic N) is 2. The quantitative estimate of drug-likeness (QED) is 0.616. The van der Waals surface area contributed by atoms with E-state index in [1.54, 1.807) is 24.3 Å². The highest BCUT2D eigenvalue weighted by molar-refractivity contribution is 6.31. The third kappa shape index (κ3) is 2.86. The summed E-state index contributed by atoms with van der Waals surface area (Å²) in [6.45, 7) is 0.487. The summed E-state index contributed by atoms with van der Waals surface area (Å²) in [4.78, 5) is 16.7. The van der Waals surface area contributed by atoms with E-state index in [9.17, 15) is 4.79 Å². The third-order valence-corrected chi connectivity index (χ3v) is 4.02. The van der Waals surface area contributed by atoms with Crippen LogP contribution in [-0.2, 0) is 6.42 Å². The van der Waals surface area contributed by atoms with E-state index in [1.165, 1.54) is 0 Å². The van der Waals surface area contributed by atoms with E-state index in [2.05, 4.69) is 10.3 Å². The molecule has 0 saturated heterocycles. The van der Waals surface area contributed by atoms with E-state index in [1.807, 2.05) is 35.0 Å². The summed E-state index contributed by atoms with van der Waals surface area (Å²) < 4.78 is 7.50. The number of nitrogens with one attached hydrogen (secondary N) is 1. The Hall–Kier alpha value is -2.79. The molecule has 120 valence electrons. The van der Waals surface area contributed by atoms with Crippen LogP contribution >= 0.6 is 11.6 Å². The van der Waals surface area contributed by atoms with Crippen LogP contribution in [0, 0.1) is 0 Å². The second-order valence-electron chi connectivity index (χ2n) is 5.50. The number of pyridine rings is 1. The highest BCUT2D eigenvalue weighted by Crippen LogP contribution is 2.22. The van der Waals surface area contributed by atoms with Crippen molar-refractivity contribution >= 4 is 34.1 Å². The van der Waals surface area contributed by atoms with Crippen molar-refractivity contribution in [3.05, 3.63) is 71.3 Å². The zero-order chi connectivity index (χ0) is 16.5. The molecule has 0 atom stereocenters. The van der Waals surface area contributed by atoms with Crippen LogP contribution in [-0.4, -0.2) is 21.8 Å². The van der Waals surface area contributed by atoms with Gasteiger partial charge in [0.25, 0.3) is 5.91 Å². The zero-order valence-corrected chi connectivity index (χ0v) is 13.5. The van der Waals surface area contributed by atoms with E-state index in [4.69, 9.17) is 16.0 Å². The molecule has 0 bridgehead atoms. The first-order chi connectivity index (χ1) is 11.7. The molecule has 0 aliphatic carbocycles. The van der Waals surface area contributed by atoms with E-state index in [-0.39, 0.29) is 11.7 Å². The Morgan fingerprint density at radius 2 is 2.17 bits per heavy atom. The van der Waals surface area contributed by atoms with Gasteiger partial charge in [-0.1, -0.05) is 17.7 Å². The lowest BCUT2D eigenvalue weighted by Crippen LogP contribution is -2.25. The molecule has 4 aromatic rings. The van der Waals surface area contributed by atoms with Gasteiger partial charge in [0.05, 0.1) is 5.69 Å². The van der Waals surface area contributed by atoms with Crippen molar-refractivity contribution in [2.75, 3.05) is 6.54 Å². The first kappa shape index (κ1) is 14.8. The largest absolute Gasteiger partial charge is 0.451 e. The van der Waals surface area contributed by atoms with Crippen LogP contribution in [0.4, 0.5) is 0 Å². The highest BCUT2D eigenvalue weighted by atomic mass is 35.5. The molecule has 6 heteroatoms. The second-order valence-corrected chi connectivity index (χ2v) is 5.93. The summed E-state index contributed by atoms with van der Waals surface area (Å²) in [5.74, 6) is 0.0355. The lowest BCUT2D eigenvalue weighted by atomic mass is 10.2. The Labute approximate surface area is 142 Å². The zero-order valence-electron chi connectivity index (χ0n) is 12.7. The molecule has 0 saturated carbocycles. The van der Waals surface area contributed by atoms with Crippen LogP contribution < -0.4 is 5.32 Å². The number of fused-ring (bicyclic) bond motifs is 2. The molecule has 24 heavy (non-hydrogen) atoms. The number of imidazole rings is 1. The van der Waals surface area contributed by atoms with E-state index >= 15 is 0 Å². The molecule has 0 radical (unpaired) electrons. The molecule has 3 heterocycles. The fraction of sp³-hybridized carbons (Fsp3) is 0.111. The lowest BCUT2D eigenvalue weighted by molar-refractivity contribution is 0.0928. The van der Waals surface area contributed by atoms with Crippen LogP contribution in [0.5, 0.6) is 0 Å². The van der Waals surface area contributed by atoms with E-state index in [0.717, 1.165) is 16.7 Å². The molecular formula is C18H14ClN3O2. The minimum atomic E-state index is -0.244. The molecular weight excluding hydrogens is 326 g/mol. The minimum Gasteiger partial charge on any atom is -0.451 e. The molecule has 0 unspecified atom stereocenters. The minimum absolute atomic E-state index is 0.244. The second kappa shape index (κ2) is 6.02. The maximum Gasteiger partial charge on any atom is 0.287 e. The first-order valence-electron chi connectivity index (χ1n) is 7.59. The molecule has 0 aliphatic rings. The van der Waals surface area contributed by atoms with Crippen LogP contribution in [0.2, 0.25) is 5.02 Å². The number of halogens is 1. The van der Waals surface area contributed by atoms with Crippen LogP contribution in [0.3, 0.4) is 0 Å². The molecule has 1 N–H and O–H groups in total. The van der Waals surface area contributed by atoms with Crippen molar-refractivity contribution < 1.29 is 9.21 Å². The smallest absolute Gasteiger partial charge is 0.287 e. The SMILES string of the molecule is O=C(NCCc1cn2ccccc2n1)c1cc2cc(Cl)ccc2o1. The summed E-state index contributed by atoms with van der Waals surface area (Å²) in [7, 11) is 0. The van der Waals surface area contributed by atoms with Crippen molar-refractivity contribution in [1.29, 1.82) is 0 Å². The summed E-state index contributed by atoms with van der Waals surface area (Å²) >= 11 is 5.94. The van der Waals surface area contributed by atoms with Crippen molar-refractivity contribution in [1.82, 2.24) is 14.7 Å². The standard InChI is InChI=1S/C18H14ClN3O2/c19-13-4-5-15-12(9-13)10-16(24-15)18(23)20-7-6-14-11-22-8-2-1-3-17(22)21-14/h1-5,8-11H,6-7H2,(H,20,23). The van der Waals surface area contributed by atoms with Crippen LogP contribution in [0.25, 0.3) is 16.6 Å². The fourth-order valence-electron chi connectivity index (χ4n) is 2.62. The Kier molecular flexibility index (Phi) is 3.70. The predicted octanol–water partition coefficient (Wildman–Crippen LogP) is 3.71. The van der Waals surface area contributed by atoms with Crippen LogP contribution in [0.1, 0.15) is 16.2 Å². The summed E-state index contributed by atoms with van der Waals surface area (Å²) in [5, 5.41) is 4.28. The normalized spacial score (nSPS) is 11.2. The maximum absolute atomic E-state index is 12.2. The summed E-state index contributed by atoms with van der Waals surface area (Å²) in [6, 6.07) is 12.8. The van der Waals surface area contributed by atoms with Crippen molar-refractivity contribution in [2.24, 2.45) is 0 Å². The number of rotatable bonds is 4. The number of furan rings is 1. The van der Waals surface area contributed by atoms with Gasteiger partial charge in [0, 0.05) is 35.8 Å². The average molecular weight is 340 g/mol. The van der Waals surface area contributed by atoms with Gasteiger partial charge in [-0.3, -0.25) is 4.79 Å². The Morgan fingerprint density at radius 3 is 3.04 bits per heavy atom. The molecule has 3 aromatic heterocycles. The average Bonchev–Trinajstić information content (AvgIpc) is 3.17. The third-order valence-electron chi connectivity index (χ3n) is 3.78. The van der Waals surface area contributed by atoms with Crippen molar-refractivity contribution in [3.8, 4) is 0 Å². The molecule has 4 rings (SSSR count). The molecule has 0 aliphatic heterocycles. The molecule has 5 nitrogen and oxygen atoms in total. The van der Waals surface area contributed by atoms with E-state index < -0.39 is 0 Å². The predicted molar refractivity (Wildman–Crippen MR) is 92.5 cm³/mol. The molecule has 0 spiro atoms. The monoisotopic (exact) mass is 339 g/mol. The Bertz CT molecular complexity index is 1000. The van der Waals surface area contributed by atoms with Crippen LogP contribution in [0.15, 0.2) is 59.3 Å². The number of hydrogen-bond donors (Lipinski definition) is 1. The van der Waals surface area contributed by atoms with Gasteiger partial charge in [-0.05, 0) is 36.4 Å². The number of amides is 1. The molecule has 0 fully saturated rings. The van der Waals surface area contributed by atoms with Gasteiger partial charge < -0.3 is 14.1 Å². The summed E-state index contributed by atoms with van der Waals surface area (Å²) in [5.41, 5.74) is 2.47. The van der Waals surface area contributed by atoms with Crippen molar-refractivity contribution in [3.63, 3.8) is 0 Å². The van der Waals surface area contributed by atoms with Gasteiger partial charge in [-0.15, -0.1) is 0 Å². The van der Waals surface area contributed by atoms with Gasteiger partial charge in [-0.2, -0.15) is 0 Å². The number of aromatic nitrogens is 2. The highest BCUT2D eigenvalue weighted by Gasteiger charge is 2.12.